The number of rotatable bonds is 4. The van der Waals surface area contributed by atoms with Gasteiger partial charge in [-0.05, 0) is 27.8 Å². The molecule has 6 heteroatoms. The van der Waals surface area contributed by atoms with Gasteiger partial charge in [-0.1, -0.05) is 5.16 Å². The van der Waals surface area contributed by atoms with Crippen molar-refractivity contribution in [1.29, 1.82) is 0 Å². The van der Waals surface area contributed by atoms with E-state index in [1.54, 1.807) is 0 Å². The summed E-state index contributed by atoms with van der Waals surface area (Å²) < 4.78 is 7.15. The molecular formula is C12H19N5O. The van der Waals surface area contributed by atoms with E-state index in [2.05, 4.69) is 27.5 Å². The first kappa shape index (κ1) is 12.8. The maximum absolute atomic E-state index is 5.33. The summed E-state index contributed by atoms with van der Waals surface area (Å²) in [5.41, 5.74) is 2.88. The molecule has 0 fully saturated rings. The molecule has 0 aromatic carbocycles. The Labute approximate surface area is 106 Å². The van der Waals surface area contributed by atoms with Gasteiger partial charge in [-0.2, -0.15) is 10.1 Å². The third kappa shape index (κ3) is 2.28. The fourth-order valence-corrected chi connectivity index (χ4v) is 1.90. The summed E-state index contributed by atoms with van der Waals surface area (Å²) >= 11 is 0. The molecular weight excluding hydrogens is 230 g/mol. The van der Waals surface area contributed by atoms with Crippen LogP contribution in [-0.4, -0.2) is 33.0 Å². The third-order valence-corrected chi connectivity index (χ3v) is 3.17. The van der Waals surface area contributed by atoms with Crippen molar-refractivity contribution in [3.63, 3.8) is 0 Å². The molecule has 0 radical (unpaired) electrons. The first-order valence-electron chi connectivity index (χ1n) is 6.03. The molecule has 0 saturated carbocycles. The van der Waals surface area contributed by atoms with E-state index in [4.69, 9.17) is 4.52 Å². The van der Waals surface area contributed by atoms with Crippen molar-refractivity contribution in [3.8, 4) is 11.5 Å². The zero-order valence-electron chi connectivity index (χ0n) is 11.5. The van der Waals surface area contributed by atoms with E-state index >= 15 is 0 Å². The number of aromatic nitrogens is 4. The summed E-state index contributed by atoms with van der Waals surface area (Å²) in [4.78, 5) is 4.43. The summed E-state index contributed by atoms with van der Waals surface area (Å²) in [5.74, 6) is 1.27. The lowest BCUT2D eigenvalue weighted by molar-refractivity contribution is 0.418. The number of aryl methyl sites for hydroxylation is 2. The smallest absolute Gasteiger partial charge is 0.261 e. The zero-order valence-corrected chi connectivity index (χ0v) is 11.5. The van der Waals surface area contributed by atoms with Gasteiger partial charge in [0.25, 0.3) is 5.89 Å². The number of likely N-dealkylation sites (N-methyl/N-ethyl adjacent to an activating group) is 1. The minimum atomic E-state index is 0.326. The van der Waals surface area contributed by atoms with Crippen LogP contribution in [0.3, 0.4) is 0 Å². The second-order valence-corrected chi connectivity index (χ2v) is 4.58. The molecule has 2 rings (SSSR count). The summed E-state index contributed by atoms with van der Waals surface area (Å²) in [6.07, 6.45) is 0.748. The van der Waals surface area contributed by atoms with Crippen LogP contribution in [0.2, 0.25) is 0 Å². The highest BCUT2D eigenvalue weighted by Gasteiger charge is 2.18. The molecule has 18 heavy (non-hydrogen) atoms. The molecule has 2 heterocycles. The minimum Gasteiger partial charge on any atom is -0.334 e. The van der Waals surface area contributed by atoms with Gasteiger partial charge in [-0.15, -0.1) is 0 Å². The van der Waals surface area contributed by atoms with E-state index in [-0.39, 0.29) is 0 Å². The molecule has 2 aromatic rings. The van der Waals surface area contributed by atoms with Crippen molar-refractivity contribution < 1.29 is 4.52 Å². The number of hydrogen-bond acceptors (Lipinski definition) is 5. The lowest BCUT2D eigenvalue weighted by atomic mass is 10.2. The van der Waals surface area contributed by atoms with Gasteiger partial charge in [0.15, 0.2) is 5.82 Å². The maximum atomic E-state index is 5.33. The van der Waals surface area contributed by atoms with E-state index in [0.29, 0.717) is 11.9 Å². The Kier molecular flexibility index (Phi) is 3.47. The van der Waals surface area contributed by atoms with Crippen molar-refractivity contribution in [1.82, 2.24) is 25.2 Å². The average Bonchev–Trinajstić information content (AvgIpc) is 2.85. The van der Waals surface area contributed by atoms with Gasteiger partial charge >= 0.3 is 0 Å². The topological polar surface area (TPSA) is 68.8 Å². The molecule has 2 aromatic heterocycles. The quantitative estimate of drug-likeness (QED) is 0.882. The van der Waals surface area contributed by atoms with Crippen molar-refractivity contribution in [2.75, 3.05) is 7.05 Å². The lowest BCUT2D eigenvalue weighted by Crippen LogP contribution is -2.24. The van der Waals surface area contributed by atoms with Crippen LogP contribution in [0.25, 0.3) is 11.5 Å². The predicted molar refractivity (Wildman–Crippen MR) is 68.2 cm³/mol. The highest BCUT2D eigenvalue weighted by Crippen LogP contribution is 2.24. The molecule has 1 unspecified atom stereocenters. The molecule has 0 saturated heterocycles. The Morgan fingerprint density at radius 1 is 1.39 bits per heavy atom. The van der Waals surface area contributed by atoms with Crippen molar-refractivity contribution in [3.05, 3.63) is 17.2 Å². The molecule has 1 N–H and O–H groups in total. The van der Waals surface area contributed by atoms with Gasteiger partial charge in [0.1, 0.15) is 0 Å². The molecule has 0 bridgehead atoms. The van der Waals surface area contributed by atoms with E-state index in [9.17, 15) is 0 Å². The second-order valence-electron chi connectivity index (χ2n) is 4.58. The molecule has 6 nitrogen and oxygen atoms in total. The standard InChI is InChI=1S/C12H19N5O/c1-7(13-4)6-10-14-12(18-16-10)11-8(2)15-17(5)9(11)3/h7,13H,6H2,1-5H3. The fourth-order valence-electron chi connectivity index (χ4n) is 1.90. The van der Waals surface area contributed by atoms with Gasteiger partial charge in [0.2, 0.25) is 0 Å². The Bertz CT molecular complexity index is 543. The van der Waals surface area contributed by atoms with Gasteiger partial charge < -0.3 is 9.84 Å². The molecule has 0 aliphatic rings. The van der Waals surface area contributed by atoms with E-state index in [1.165, 1.54) is 0 Å². The summed E-state index contributed by atoms with van der Waals surface area (Å²) in [7, 11) is 3.83. The summed E-state index contributed by atoms with van der Waals surface area (Å²) in [5, 5.41) is 11.5. The normalized spacial score (nSPS) is 12.9. The Hall–Kier alpha value is -1.69. The van der Waals surface area contributed by atoms with E-state index in [1.807, 2.05) is 32.6 Å². The van der Waals surface area contributed by atoms with Crippen LogP contribution in [-0.2, 0) is 13.5 Å². The van der Waals surface area contributed by atoms with Crippen LogP contribution in [0.4, 0.5) is 0 Å². The number of nitrogens with one attached hydrogen (secondary N) is 1. The summed E-state index contributed by atoms with van der Waals surface area (Å²) in [6.45, 7) is 6.02. The van der Waals surface area contributed by atoms with E-state index < -0.39 is 0 Å². The van der Waals surface area contributed by atoms with Crippen LogP contribution in [0.15, 0.2) is 4.52 Å². The molecule has 98 valence electrons. The molecule has 0 aliphatic heterocycles. The van der Waals surface area contributed by atoms with Gasteiger partial charge in [-0.3, -0.25) is 4.68 Å². The Morgan fingerprint density at radius 2 is 2.11 bits per heavy atom. The SMILES string of the molecule is CNC(C)Cc1noc(-c2c(C)nn(C)c2C)n1. The first-order chi connectivity index (χ1) is 8.52. The van der Waals surface area contributed by atoms with Crippen LogP contribution in [0, 0.1) is 13.8 Å². The first-order valence-corrected chi connectivity index (χ1v) is 6.03. The van der Waals surface area contributed by atoms with Crippen LogP contribution in [0.1, 0.15) is 24.1 Å². The highest BCUT2D eigenvalue weighted by atomic mass is 16.5. The van der Waals surface area contributed by atoms with E-state index in [0.717, 1.165) is 29.2 Å². The number of hydrogen-bond donors (Lipinski definition) is 1. The molecule has 0 amide bonds. The second kappa shape index (κ2) is 4.89. The maximum Gasteiger partial charge on any atom is 0.261 e. The number of nitrogens with zero attached hydrogens (tertiary/aromatic N) is 4. The van der Waals surface area contributed by atoms with Gasteiger partial charge in [-0.25, -0.2) is 0 Å². The van der Waals surface area contributed by atoms with Gasteiger partial charge in [0, 0.05) is 25.2 Å². The predicted octanol–water partition coefficient (Wildman–Crippen LogP) is 1.24. The largest absolute Gasteiger partial charge is 0.334 e. The van der Waals surface area contributed by atoms with Gasteiger partial charge in [0.05, 0.1) is 11.3 Å². The highest BCUT2D eigenvalue weighted by molar-refractivity contribution is 5.59. The van der Waals surface area contributed by atoms with Crippen molar-refractivity contribution in [2.45, 2.75) is 33.2 Å². The molecule has 1 atom stereocenters. The fraction of sp³-hybridized carbons (Fsp3) is 0.583. The Morgan fingerprint density at radius 3 is 2.67 bits per heavy atom. The lowest BCUT2D eigenvalue weighted by Gasteiger charge is -2.04. The summed E-state index contributed by atoms with van der Waals surface area (Å²) in [6, 6.07) is 0.326. The molecule has 0 spiro atoms. The van der Waals surface area contributed by atoms with Crippen LogP contribution in [0.5, 0.6) is 0 Å². The van der Waals surface area contributed by atoms with Crippen LogP contribution < -0.4 is 5.32 Å². The monoisotopic (exact) mass is 249 g/mol. The van der Waals surface area contributed by atoms with Crippen LogP contribution >= 0.6 is 0 Å². The minimum absolute atomic E-state index is 0.326. The van der Waals surface area contributed by atoms with Crippen molar-refractivity contribution in [2.24, 2.45) is 7.05 Å². The third-order valence-electron chi connectivity index (χ3n) is 3.17. The average molecular weight is 249 g/mol. The molecule has 0 aliphatic carbocycles. The van der Waals surface area contributed by atoms with Crippen molar-refractivity contribution >= 4 is 0 Å². The zero-order chi connectivity index (χ0) is 13.3. The Balaban J connectivity index is 2.29.